The van der Waals surface area contributed by atoms with E-state index < -0.39 is 12.1 Å². The summed E-state index contributed by atoms with van der Waals surface area (Å²) in [4.78, 5) is 12.6. The van der Waals surface area contributed by atoms with Gasteiger partial charge in [0.1, 0.15) is 12.3 Å². The van der Waals surface area contributed by atoms with Gasteiger partial charge >= 0.3 is 5.97 Å². The normalized spacial score (nSPS) is 12.1. The lowest BCUT2D eigenvalue weighted by molar-refractivity contribution is -0.156. The molecule has 0 fully saturated rings. The largest absolute Gasteiger partial charge is 0.457 e. The zero-order valence-corrected chi connectivity index (χ0v) is 11.9. The number of hydrogen-bond acceptors (Lipinski definition) is 6. The first-order valence-electron chi connectivity index (χ1n) is 6.09. The Bertz CT molecular complexity index is 562. The van der Waals surface area contributed by atoms with Crippen LogP contribution >= 0.6 is 11.3 Å². The Morgan fingerprint density at radius 3 is 3.20 bits per heavy atom. The number of esters is 1. The van der Waals surface area contributed by atoms with E-state index in [2.05, 4.69) is 11.7 Å². The molecule has 0 amide bonds. The van der Waals surface area contributed by atoms with Crippen LogP contribution in [0.25, 0.3) is 10.6 Å². The van der Waals surface area contributed by atoms with Gasteiger partial charge in [-0.05, 0) is 18.4 Å². The molecule has 1 unspecified atom stereocenters. The third kappa shape index (κ3) is 3.79. The summed E-state index contributed by atoms with van der Waals surface area (Å²) in [6.45, 7) is 5.52. The first kappa shape index (κ1) is 14.5. The Hall–Kier alpha value is -1.92. The summed E-state index contributed by atoms with van der Waals surface area (Å²) in [5, 5.41) is 5.82. The van der Waals surface area contributed by atoms with Crippen molar-refractivity contribution in [2.24, 2.45) is 0 Å². The van der Waals surface area contributed by atoms with Crippen LogP contribution in [0.3, 0.4) is 0 Å². The molecule has 0 N–H and O–H groups in total. The zero-order chi connectivity index (χ0) is 14.4. The lowest BCUT2D eigenvalue weighted by atomic mass is 10.3. The zero-order valence-electron chi connectivity index (χ0n) is 11.1. The number of rotatable bonds is 7. The van der Waals surface area contributed by atoms with Gasteiger partial charge in [0.15, 0.2) is 11.9 Å². The van der Waals surface area contributed by atoms with E-state index in [1.807, 2.05) is 17.5 Å². The highest BCUT2D eigenvalue weighted by molar-refractivity contribution is 7.13. The minimum atomic E-state index is -0.628. The number of carbonyl (C=O) groups is 1. The fourth-order valence-electron chi connectivity index (χ4n) is 1.46. The number of aromatic nitrogens is 1. The third-order valence-corrected chi connectivity index (χ3v) is 3.37. The van der Waals surface area contributed by atoms with Gasteiger partial charge in [-0.3, -0.25) is 0 Å². The Labute approximate surface area is 120 Å². The van der Waals surface area contributed by atoms with Crippen LogP contribution in [0.1, 0.15) is 12.6 Å². The van der Waals surface area contributed by atoms with Crippen LogP contribution in [0.5, 0.6) is 0 Å². The molecule has 0 aromatic carbocycles. The van der Waals surface area contributed by atoms with Crippen LogP contribution in [0.15, 0.2) is 40.8 Å². The van der Waals surface area contributed by atoms with Crippen molar-refractivity contribution in [3.8, 4) is 10.6 Å². The van der Waals surface area contributed by atoms with Crippen LogP contribution in [0, 0.1) is 0 Å². The molecule has 2 aromatic rings. The van der Waals surface area contributed by atoms with E-state index in [-0.39, 0.29) is 6.61 Å². The maximum atomic E-state index is 11.6. The smallest absolute Gasteiger partial charge is 0.335 e. The van der Waals surface area contributed by atoms with Crippen molar-refractivity contribution in [2.75, 3.05) is 6.61 Å². The summed E-state index contributed by atoms with van der Waals surface area (Å²) in [7, 11) is 0. The molecule has 0 aliphatic carbocycles. The molecule has 0 bridgehead atoms. The highest BCUT2D eigenvalue weighted by Gasteiger charge is 2.16. The second-order valence-corrected chi connectivity index (χ2v) is 4.98. The topological polar surface area (TPSA) is 61.6 Å². The van der Waals surface area contributed by atoms with E-state index in [9.17, 15) is 4.79 Å². The van der Waals surface area contributed by atoms with Crippen LogP contribution in [0.4, 0.5) is 0 Å². The van der Waals surface area contributed by atoms with E-state index in [4.69, 9.17) is 14.0 Å². The average Bonchev–Trinajstić information content (AvgIpc) is 3.12. The number of nitrogens with zero attached hydrogens (tertiary/aromatic N) is 1. The summed E-state index contributed by atoms with van der Waals surface area (Å²) in [5.74, 6) is 0.231. The molecule has 1 atom stereocenters. The van der Waals surface area contributed by atoms with Crippen molar-refractivity contribution in [3.05, 3.63) is 41.9 Å². The molecule has 2 rings (SSSR count). The van der Waals surface area contributed by atoms with Gasteiger partial charge in [0.2, 0.25) is 0 Å². The minimum absolute atomic E-state index is 0.0650. The van der Waals surface area contributed by atoms with Gasteiger partial charge in [-0.25, -0.2) is 4.79 Å². The number of thiophene rings is 1. The summed E-state index contributed by atoms with van der Waals surface area (Å²) in [5.41, 5.74) is 0.567. The fraction of sp³-hybridized carbons (Fsp3) is 0.286. The van der Waals surface area contributed by atoms with Crippen molar-refractivity contribution >= 4 is 17.3 Å². The molecule has 0 aliphatic heterocycles. The van der Waals surface area contributed by atoms with E-state index in [0.717, 1.165) is 4.88 Å². The number of ether oxygens (including phenoxy) is 2. The quantitative estimate of drug-likeness (QED) is 0.580. The number of hydrogen-bond donors (Lipinski definition) is 0. The maximum absolute atomic E-state index is 11.6. The molecule has 2 heterocycles. The van der Waals surface area contributed by atoms with Crippen LogP contribution < -0.4 is 0 Å². The van der Waals surface area contributed by atoms with Crippen molar-refractivity contribution in [1.29, 1.82) is 0 Å². The molecular weight excluding hydrogens is 278 g/mol. The van der Waals surface area contributed by atoms with E-state index in [0.29, 0.717) is 18.1 Å². The predicted molar refractivity (Wildman–Crippen MR) is 75.2 cm³/mol. The van der Waals surface area contributed by atoms with Gasteiger partial charge in [0.25, 0.3) is 0 Å². The molecule has 0 saturated heterocycles. The van der Waals surface area contributed by atoms with Gasteiger partial charge < -0.3 is 14.0 Å². The maximum Gasteiger partial charge on any atom is 0.335 e. The lowest BCUT2D eigenvalue weighted by Gasteiger charge is -2.10. The molecule has 2 aromatic heterocycles. The van der Waals surface area contributed by atoms with Crippen molar-refractivity contribution in [2.45, 2.75) is 19.6 Å². The molecule has 106 valence electrons. The monoisotopic (exact) mass is 293 g/mol. The molecule has 0 saturated carbocycles. The van der Waals surface area contributed by atoms with Crippen LogP contribution in [-0.2, 0) is 20.9 Å². The molecule has 5 nitrogen and oxygen atoms in total. The second kappa shape index (κ2) is 7.02. The lowest BCUT2D eigenvalue weighted by Crippen LogP contribution is -2.23. The standard InChI is InChI=1S/C14H15NO4S/c1-3-6-17-10(2)14(16)18-9-11-8-12(19-15-11)13-5-4-7-20-13/h3-5,7-8,10H,1,6,9H2,2H3. The van der Waals surface area contributed by atoms with Gasteiger partial charge in [0.05, 0.1) is 11.5 Å². The Kier molecular flexibility index (Phi) is 5.09. The van der Waals surface area contributed by atoms with E-state index in [1.165, 1.54) is 0 Å². The van der Waals surface area contributed by atoms with Gasteiger partial charge in [-0.1, -0.05) is 17.3 Å². The highest BCUT2D eigenvalue weighted by atomic mass is 32.1. The summed E-state index contributed by atoms with van der Waals surface area (Å²) in [6, 6.07) is 5.63. The first-order valence-corrected chi connectivity index (χ1v) is 6.97. The van der Waals surface area contributed by atoms with Crippen molar-refractivity contribution < 1.29 is 18.8 Å². The second-order valence-electron chi connectivity index (χ2n) is 4.03. The summed E-state index contributed by atoms with van der Waals surface area (Å²) in [6.07, 6.45) is 0.950. The van der Waals surface area contributed by atoms with Crippen molar-refractivity contribution in [1.82, 2.24) is 5.16 Å². The fourth-order valence-corrected chi connectivity index (χ4v) is 2.13. The van der Waals surface area contributed by atoms with E-state index in [1.54, 1.807) is 30.4 Å². The predicted octanol–water partition coefficient (Wildman–Crippen LogP) is 3.04. The third-order valence-electron chi connectivity index (χ3n) is 2.48. The molecule has 0 aliphatic rings. The van der Waals surface area contributed by atoms with Gasteiger partial charge in [-0.15, -0.1) is 17.9 Å². The first-order chi connectivity index (χ1) is 9.70. The minimum Gasteiger partial charge on any atom is -0.457 e. The molecule has 0 radical (unpaired) electrons. The summed E-state index contributed by atoms with van der Waals surface area (Å²) < 4.78 is 15.5. The molecule has 6 heteroatoms. The summed E-state index contributed by atoms with van der Waals surface area (Å²) >= 11 is 1.56. The van der Waals surface area contributed by atoms with Gasteiger partial charge in [0, 0.05) is 6.07 Å². The van der Waals surface area contributed by atoms with Crippen LogP contribution in [0.2, 0.25) is 0 Å². The van der Waals surface area contributed by atoms with Gasteiger partial charge in [-0.2, -0.15) is 0 Å². The average molecular weight is 293 g/mol. The number of carbonyl (C=O) groups excluding carboxylic acids is 1. The molecule has 20 heavy (non-hydrogen) atoms. The Morgan fingerprint density at radius 1 is 1.65 bits per heavy atom. The SMILES string of the molecule is C=CCOC(C)C(=O)OCc1cc(-c2cccs2)on1. The van der Waals surface area contributed by atoms with Crippen LogP contribution in [-0.4, -0.2) is 23.8 Å². The van der Waals surface area contributed by atoms with E-state index >= 15 is 0 Å². The van der Waals surface area contributed by atoms with Crippen molar-refractivity contribution in [3.63, 3.8) is 0 Å². The highest BCUT2D eigenvalue weighted by Crippen LogP contribution is 2.25. The Balaban J connectivity index is 1.85. The Morgan fingerprint density at radius 2 is 2.50 bits per heavy atom. The molecule has 0 spiro atoms. The molecular formula is C14H15NO4S.